The van der Waals surface area contributed by atoms with Gasteiger partial charge in [0, 0.05) is 0 Å². The Morgan fingerprint density at radius 3 is 1.93 bits per heavy atom. The number of hydrogen-bond acceptors (Lipinski definition) is 0. The Kier molecular flexibility index (Phi) is 15.5. The highest BCUT2D eigenvalue weighted by Gasteiger charge is 2.10. The van der Waals surface area contributed by atoms with Gasteiger partial charge in [-0.15, -0.1) is 6.58 Å². The topological polar surface area (TPSA) is 0 Å². The minimum absolute atomic E-state index is 0.900. The van der Waals surface area contributed by atoms with E-state index in [0.29, 0.717) is 0 Å². The molecule has 290 valence electrons. The predicted molar refractivity (Wildman–Crippen MR) is 263 cm³/mol. The van der Waals surface area contributed by atoms with Gasteiger partial charge in [-0.2, -0.15) is 0 Å². The van der Waals surface area contributed by atoms with Gasteiger partial charge in [0.15, 0.2) is 0 Å². The minimum Gasteiger partial charge on any atom is -0.103 e. The molecule has 0 radical (unpaired) electrons. The van der Waals surface area contributed by atoms with Gasteiger partial charge in [-0.05, 0) is 152 Å². The molecule has 0 spiro atoms. The van der Waals surface area contributed by atoms with E-state index in [4.69, 9.17) is 0 Å². The third-order valence-corrected chi connectivity index (χ3v) is 10.3. The summed E-state index contributed by atoms with van der Waals surface area (Å²) in [7, 11) is 0. The molecule has 0 bridgehead atoms. The quantitative estimate of drug-likeness (QED) is 0.0901. The van der Waals surface area contributed by atoms with E-state index in [2.05, 4.69) is 198 Å². The fourth-order valence-electron chi connectivity index (χ4n) is 7.41. The molecule has 0 heterocycles. The molecule has 0 unspecified atom stereocenters. The monoisotopic (exact) mass is 754 g/mol. The Bertz CT molecular complexity index is 2860. The number of rotatable bonds is 6. The average Bonchev–Trinajstić information content (AvgIpc) is 3.27. The second-order valence-corrected chi connectivity index (χ2v) is 14.1. The highest BCUT2D eigenvalue weighted by molar-refractivity contribution is 6.14. The molecule has 8 aromatic rings. The molecule has 0 aliphatic heterocycles. The first-order chi connectivity index (χ1) is 28.4. The van der Waals surface area contributed by atoms with Crippen LogP contribution in [0.3, 0.4) is 0 Å². The lowest BCUT2D eigenvalue weighted by Gasteiger charge is -2.12. The lowest BCUT2D eigenvalue weighted by Crippen LogP contribution is -2.20. The summed E-state index contributed by atoms with van der Waals surface area (Å²) in [4.78, 5) is 0. The largest absolute Gasteiger partial charge is 0.103 e. The summed E-state index contributed by atoms with van der Waals surface area (Å²) in [6, 6.07) is 52.9. The predicted octanol–water partition coefficient (Wildman–Crippen LogP) is 15.6. The van der Waals surface area contributed by atoms with Crippen LogP contribution in [0.4, 0.5) is 0 Å². The van der Waals surface area contributed by atoms with Crippen molar-refractivity contribution in [1.82, 2.24) is 0 Å². The van der Waals surface area contributed by atoms with Crippen molar-refractivity contribution in [2.45, 2.75) is 54.9 Å². The van der Waals surface area contributed by atoms with Crippen LogP contribution in [0.25, 0.3) is 78.5 Å². The zero-order chi connectivity index (χ0) is 41.4. The van der Waals surface area contributed by atoms with Gasteiger partial charge in [0.1, 0.15) is 0 Å². The van der Waals surface area contributed by atoms with Gasteiger partial charge in [-0.1, -0.05) is 190 Å². The van der Waals surface area contributed by atoms with E-state index in [9.17, 15) is 0 Å². The Labute approximate surface area is 347 Å². The SMILES string of the molecule is C/C=C\c1c(C)ccc2cc(C/C=C\C(=C/C)c3ccc4cc(-c5cc6ccccc6c6ccccc56)ccc4c3)ccc12.C=CC.C=c1cccc/c1=C/C.CC. The van der Waals surface area contributed by atoms with E-state index in [-0.39, 0.29) is 0 Å². The van der Waals surface area contributed by atoms with Crippen LogP contribution in [-0.2, 0) is 6.42 Å². The second-order valence-electron chi connectivity index (χ2n) is 14.1. The fraction of sp³-hybridized carbons (Fsp3) is 0.138. The van der Waals surface area contributed by atoms with Gasteiger partial charge in [0.2, 0.25) is 0 Å². The molecule has 0 saturated heterocycles. The Morgan fingerprint density at radius 2 is 1.22 bits per heavy atom. The molecule has 58 heavy (non-hydrogen) atoms. The highest BCUT2D eigenvalue weighted by Crippen LogP contribution is 2.36. The molecule has 0 aromatic heterocycles. The molecule has 0 nitrogen and oxygen atoms in total. The number of allylic oxidation sites excluding steroid dienone is 6. The first kappa shape index (κ1) is 42.6. The summed E-state index contributed by atoms with van der Waals surface area (Å²) in [5.41, 5.74) is 8.97. The molecule has 0 atom stereocenters. The molecule has 0 fully saturated rings. The standard InChI is InChI=1S/C44H36.C9H10.C3H6.C2H6/c1-4-11-39-30(3)18-20-37-26-31(19-25-41(37)39)12-10-14-32(5-2)33-21-22-35-28-38(24-23-34(35)27-33)44-29-36-13-6-7-15-40(36)42-16-8-9-17-43(42)44;1-3-9-7-5-4-6-8(9)2;1-3-2;1-2/h4-11,13-29H,12H2,1-3H3;3-7H,2H2,1H3;3H,1H2,2H3;1-2H3/b11-4-,14-10-,32-5+;9-3-;;. The second kappa shape index (κ2) is 21.1. The van der Waals surface area contributed by atoms with E-state index in [1.54, 1.807) is 6.08 Å². The Hall–Kier alpha value is -6.50. The summed E-state index contributed by atoms with van der Waals surface area (Å²) in [5, 5.41) is 12.6. The molecular formula is C58H58. The Balaban J connectivity index is 0.000000394. The van der Waals surface area contributed by atoms with Gasteiger partial charge < -0.3 is 0 Å². The van der Waals surface area contributed by atoms with Crippen LogP contribution in [0.2, 0.25) is 0 Å². The van der Waals surface area contributed by atoms with Crippen LogP contribution in [0.5, 0.6) is 0 Å². The summed E-state index contributed by atoms with van der Waals surface area (Å²) in [6.45, 7) is 21.5. The van der Waals surface area contributed by atoms with E-state index >= 15 is 0 Å². The Morgan fingerprint density at radius 1 is 0.586 bits per heavy atom. The smallest absolute Gasteiger partial charge is 0.00939 e. The summed E-state index contributed by atoms with van der Waals surface area (Å²) in [5.74, 6) is 0. The van der Waals surface area contributed by atoms with Crippen LogP contribution in [0.1, 0.15) is 63.8 Å². The third-order valence-electron chi connectivity index (χ3n) is 10.3. The van der Waals surface area contributed by atoms with Crippen LogP contribution in [-0.4, -0.2) is 0 Å². The molecule has 0 amide bonds. The maximum Gasteiger partial charge on any atom is -0.00939 e. The maximum atomic E-state index is 3.86. The number of fused-ring (bicyclic) bond motifs is 5. The number of aryl methyl sites for hydroxylation is 1. The zero-order valence-electron chi connectivity index (χ0n) is 35.5. The van der Waals surface area contributed by atoms with Crippen molar-refractivity contribution >= 4 is 67.4 Å². The summed E-state index contributed by atoms with van der Waals surface area (Å²) in [6.07, 6.45) is 15.8. The third kappa shape index (κ3) is 10.1. The first-order valence-electron chi connectivity index (χ1n) is 20.6. The first-order valence-corrected chi connectivity index (χ1v) is 20.6. The van der Waals surface area contributed by atoms with E-state index in [1.165, 1.54) is 87.3 Å². The number of benzene rings is 8. The molecule has 8 rings (SSSR count). The van der Waals surface area contributed by atoms with Crippen LogP contribution in [0, 0.1) is 6.92 Å². The summed E-state index contributed by atoms with van der Waals surface area (Å²) >= 11 is 0. The normalized spacial score (nSPS) is 11.6. The van der Waals surface area contributed by atoms with Crippen molar-refractivity contribution in [1.29, 1.82) is 0 Å². The van der Waals surface area contributed by atoms with Crippen LogP contribution in [0.15, 0.2) is 183 Å². The molecule has 0 N–H and O–H groups in total. The van der Waals surface area contributed by atoms with Crippen LogP contribution >= 0.6 is 0 Å². The molecule has 0 heteroatoms. The summed E-state index contributed by atoms with van der Waals surface area (Å²) < 4.78 is 0. The van der Waals surface area contributed by atoms with E-state index in [1.807, 2.05) is 45.9 Å². The van der Waals surface area contributed by atoms with Gasteiger partial charge >= 0.3 is 0 Å². The van der Waals surface area contributed by atoms with Crippen molar-refractivity contribution in [3.05, 3.63) is 215 Å². The van der Waals surface area contributed by atoms with Gasteiger partial charge in [0.05, 0.1) is 0 Å². The van der Waals surface area contributed by atoms with Gasteiger partial charge in [-0.3, -0.25) is 0 Å². The lowest BCUT2D eigenvalue weighted by molar-refractivity contribution is 1.28. The highest BCUT2D eigenvalue weighted by atomic mass is 14.1. The minimum atomic E-state index is 0.900. The van der Waals surface area contributed by atoms with Crippen LogP contribution < -0.4 is 10.4 Å². The van der Waals surface area contributed by atoms with Crippen molar-refractivity contribution < 1.29 is 0 Å². The lowest BCUT2D eigenvalue weighted by atomic mass is 9.92. The van der Waals surface area contributed by atoms with Crippen molar-refractivity contribution in [2.24, 2.45) is 0 Å². The fourth-order valence-corrected chi connectivity index (χ4v) is 7.41. The maximum absolute atomic E-state index is 3.86. The average molecular weight is 755 g/mol. The van der Waals surface area contributed by atoms with Crippen molar-refractivity contribution in [2.75, 3.05) is 0 Å². The number of hydrogen-bond donors (Lipinski definition) is 0. The zero-order valence-corrected chi connectivity index (χ0v) is 35.5. The van der Waals surface area contributed by atoms with E-state index < -0.39 is 0 Å². The molecule has 8 aromatic carbocycles. The molecular weight excluding hydrogens is 697 g/mol. The van der Waals surface area contributed by atoms with Crippen molar-refractivity contribution in [3.8, 4) is 11.1 Å². The molecule has 0 aliphatic rings. The van der Waals surface area contributed by atoms with Gasteiger partial charge in [-0.25, -0.2) is 0 Å². The molecule has 0 saturated carbocycles. The van der Waals surface area contributed by atoms with Gasteiger partial charge in [0.25, 0.3) is 0 Å². The van der Waals surface area contributed by atoms with E-state index in [0.717, 1.165) is 11.6 Å². The van der Waals surface area contributed by atoms with Crippen molar-refractivity contribution in [3.63, 3.8) is 0 Å². The molecule has 0 aliphatic carbocycles.